The fourth-order valence-corrected chi connectivity index (χ4v) is 3.41. The lowest BCUT2D eigenvalue weighted by Crippen LogP contribution is -2.42. The van der Waals surface area contributed by atoms with Gasteiger partial charge in [-0.15, -0.1) is 0 Å². The topological polar surface area (TPSA) is 35.6 Å². The SMILES string of the molecule is CNCCC1CCN(CC(=O)N(C)Cc2ccc(Cl)c(Cl)c2)CC1. The van der Waals surface area contributed by atoms with Gasteiger partial charge in [-0.05, 0) is 69.6 Å². The molecule has 4 nitrogen and oxygen atoms in total. The molecule has 1 amide bonds. The molecule has 1 fully saturated rings. The summed E-state index contributed by atoms with van der Waals surface area (Å²) in [5.41, 5.74) is 0.992. The zero-order chi connectivity index (χ0) is 17.5. The Labute approximate surface area is 155 Å². The molecule has 1 saturated heterocycles. The van der Waals surface area contributed by atoms with E-state index in [1.807, 2.05) is 26.2 Å². The Morgan fingerprint density at radius 1 is 1.29 bits per heavy atom. The molecule has 1 N–H and O–H groups in total. The van der Waals surface area contributed by atoms with Crippen LogP contribution in [0, 0.1) is 5.92 Å². The van der Waals surface area contributed by atoms with E-state index in [0.717, 1.165) is 31.1 Å². The van der Waals surface area contributed by atoms with Crippen molar-refractivity contribution < 1.29 is 4.79 Å². The van der Waals surface area contributed by atoms with Gasteiger partial charge in [-0.25, -0.2) is 0 Å². The molecule has 0 aliphatic carbocycles. The number of benzene rings is 1. The van der Waals surface area contributed by atoms with E-state index in [1.54, 1.807) is 11.0 Å². The molecule has 1 aromatic carbocycles. The number of amides is 1. The minimum Gasteiger partial charge on any atom is -0.340 e. The highest BCUT2D eigenvalue weighted by molar-refractivity contribution is 6.42. The number of hydrogen-bond donors (Lipinski definition) is 1. The lowest BCUT2D eigenvalue weighted by molar-refractivity contribution is -0.132. The van der Waals surface area contributed by atoms with Crippen LogP contribution in [0.25, 0.3) is 0 Å². The zero-order valence-electron chi connectivity index (χ0n) is 14.5. The minimum absolute atomic E-state index is 0.148. The van der Waals surface area contributed by atoms with Crippen LogP contribution in [0.15, 0.2) is 18.2 Å². The van der Waals surface area contributed by atoms with Crippen LogP contribution in [0.3, 0.4) is 0 Å². The van der Waals surface area contributed by atoms with Gasteiger partial charge in [-0.3, -0.25) is 9.69 Å². The Bertz CT molecular complexity index is 545. The largest absolute Gasteiger partial charge is 0.340 e. The third kappa shape index (κ3) is 5.92. The maximum Gasteiger partial charge on any atom is 0.236 e. The number of rotatable bonds is 7. The number of carbonyl (C=O) groups excluding carboxylic acids is 1. The summed E-state index contributed by atoms with van der Waals surface area (Å²) in [5, 5.41) is 4.28. The van der Waals surface area contributed by atoms with E-state index in [2.05, 4.69) is 10.2 Å². The molecule has 1 heterocycles. The normalized spacial score (nSPS) is 16.3. The van der Waals surface area contributed by atoms with Gasteiger partial charge in [0.05, 0.1) is 16.6 Å². The second-order valence-electron chi connectivity index (χ2n) is 6.61. The number of likely N-dealkylation sites (tertiary alicyclic amines) is 1. The van der Waals surface area contributed by atoms with E-state index in [9.17, 15) is 4.79 Å². The molecule has 0 bridgehead atoms. The van der Waals surface area contributed by atoms with Crippen molar-refractivity contribution in [2.24, 2.45) is 5.92 Å². The summed E-state index contributed by atoms with van der Waals surface area (Å²) in [7, 11) is 3.84. The van der Waals surface area contributed by atoms with E-state index < -0.39 is 0 Å². The van der Waals surface area contributed by atoms with Gasteiger partial charge < -0.3 is 10.2 Å². The summed E-state index contributed by atoms with van der Waals surface area (Å²) >= 11 is 12.0. The summed E-state index contributed by atoms with van der Waals surface area (Å²) in [4.78, 5) is 16.5. The second kappa shape index (κ2) is 9.62. The average Bonchev–Trinajstić information content (AvgIpc) is 2.57. The van der Waals surface area contributed by atoms with Crippen molar-refractivity contribution in [1.82, 2.24) is 15.1 Å². The molecule has 0 saturated carbocycles. The van der Waals surface area contributed by atoms with Gasteiger partial charge in [0.2, 0.25) is 5.91 Å². The first-order valence-corrected chi connectivity index (χ1v) is 9.30. The third-order valence-corrected chi connectivity index (χ3v) is 5.44. The van der Waals surface area contributed by atoms with Crippen LogP contribution in [-0.4, -0.2) is 56.0 Å². The maximum atomic E-state index is 12.4. The van der Waals surface area contributed by atoms with Crippen molar-refractivity contribution >= 4 is 29.1 Å². The monoisotopic (exact) mass is 371 g/mol. The smallest absolute Gasteiger partial charge is 0.236 e. The lowest BCUT2D eigenvalue weighted by atomic mass is 9.93. The Kier molecular flexibility index (Phi) is 7.82. The van der Waals surface area contributed by atoms with Crippen molar-refractivity contribution in [3.63, 3.8) is 0 Å². The molecule has 1 aliphatic rings. The fourth-order valence-electron chi connectivity index (χ4n) is 3.09. The maximum absolute atomic E-state index is 12.4. The minimum atomic E-state index is 0.148. The van der Waals surface area contributed by atoms with Gasteiger partial charge in [0.25, 0.3) is 0 Å². The van der Waals surface area contributed by atoms with E-state index >= 15 is 0 Å². The van der Waals surface area contributed by atoms with Crippen LogP contribution in [0.4, 0.5) is 0 Å². The van der Waals surface area contributed by atoms with Crippen LogP contribution in [0.1, 0.15) is 24.8 Å². The molecule has 0 aromatic heterocycles. The average molecular weight is 372 g/mol. The summed E-state index contributed by atoms with van der Waals surface area (Å²) in [6.45, 7) is 4.16. The summed E-state index contributed by atoms with van der Waals surface area (Å²) in [5.74, 6) is 0.937. The number of likely N-dealkylation sites (N-methyl/N-ethyl adjacent to an activating group) is 1. The van der Waals surface area contributed by atoms with Gasteiger partial charge in [0.1, 0.15) is 0 Å². The highest BCUT2D eigenvalue weighted by Crippen LogP contribution is 2.23. The molecular formula is C18H27Cl2N3O. The number of hydrogen-bond acceptors (Lipinski definition) is 3. The Balaban J connectivity index is 1.76. The fraction of sp³-hybridized carbons (Fsp3) is 0.611. The predicted molar refractivity (Wildman–Crippen MR) is 101 cm³/mol. The molecule has 0 unspecified atom stereocenters. The van der Waals surface area contributed by atoms with Crippen LogP contribution >= 0.6 is 23.2 Å². The van der Waals surface area contributed by atoms with Crippen molar-refractivity contribution in [3.05, 3.63) is 33.8 Å². The van der Waals surface area contributed by atoms with Gasteiger partial charge in [-0.1, -0.05) is 29.3 Å². The summed E-state index contributed by atoms with van der Waals surface area (Å²) < 4.78 is 0. The molecule has 134 valence electrons. The van der Waals surface area contributed by atoms with Crippen LogP contribution in [0.2, 0.25) is 10.0 Å². The quantitative estimate of drug-likeness (QED) is 0.798. The molecule has 6 heteroatoms. The van der Waals surface area contributed by atoms with Crippen molar-refractivity contribution in [2.45, 2.75) is 25.8 Å². The summed E-state index contributed by atoms with van der Waals surface area (Å²) in [6.07, 6.45) is 3.60. The molecule has 0 spiro atoms. The van der Waals surface area contributed by atoms with Gasteiger partial charge in [-0.2, -0.15) is 0 Å². The number of nitrogens with zero attached hydrogens (tertiary/aromatic N) is 2. The zero-order valence-corrected chi connectivity index (χ0v) is 16.0. The first-order valence-electron chi connectivity index (χ1n) is 8.54. The molecule has 2 rings (SSSR count). The van der Waals surface area contributed by atoms with Crippen LogP contribution < -0.4 is 5.32 Å². The lowest BCUT2D eigenvalue weighted by Gasteiger charge is -2.32. The van der Waals surface area contributed by atoms with Crippen molar-refractivity contribution in [2.75, 3.05) is 40.3 Å². The second-order valence-corrected chi connectivity index (χ2v) is 7.42. The number of nitrogens with one attached hydrogen (secondary N) is 1. The van der Waals surface area contributed by atoms with Crippen molar-refractivity contribution in [3.8, 4) is 0 Å². The predicted octanol–water partition coefficient (Wildman–Crippen LogP) is 3.27. The molecule has 0 atom stereocenters. The van der Waals surface area contributed by atoms with Crippen LogP contribution in [-0.2, 0) is 11.3 Å². The summed E-state index contributed by atoms with van der Waals surface area (Å²) in [6, 6.07) is 5.50. The standard InChI is InChI=1S/C18H27Cl2N3O/c1-21-8-5-14-6-9-23(10-7-14)13-18(24)22(2)12-15-3-4-16(19)17(20)11-15/h3-4,11,14,21H,5-10,12-13H2,1-2H3. The van der Waals surface area contributed by atoms with Gasteiger partial charge in [0, 0.05) is 13.6 Å². The first-order chi connectivity index (χ1) is 11.5. The molecular weight excluding hydrogens is 345 g/mol. The van der Waals surface area contributed by atoms with E-state index in [0.29, 0.717) is 23.1 Å². The van der Waals surface area contributed by atoms with E-state index in [4.69, 9.17) is 23.2 Å². The number of halogens is 2. The Hall–Kier alpha value is -0.810. The molecule has 1 aromatic rings. The van der Waals surface area contributed by atoms with Gasteiger partial charge in [0.15, 0.2) is 0 Å². The van der Waals surface area contributed by atoms with E-state index in [1.165, 1.54) is 19.3 Å². The molecule has 0 radical (unpaired) electrons. The third-order valence-electron chi connectivity index (χ3n) is 4.70. The van der Waals surface area contributed by atoms with Crippen LogP contribution in [0.5, 0.6) is 0 Å². The van der Waals surface area contributed by atoms with Gasteiger partial charge >= 0.3 is 0 Å². The van der Waals surface area contributed by atoms with E-state index in [-0.39, 0.29) is 5.91 Å². The number of carbonyl (C=O) groups is 1. The van der Waals surface area contributed by atoms with Crippen molar-refractivity contribution in [1.29, 1.82) is 0 Å². The Morgan fingerprint density at radius 3 is 2.62 bits per heavy atom. The molecule has 1 aliphatic heterocycles. The number of piperidine rings is 1. The molecule has 24 heavy (non-hydrogen) atoms. The highest BCUT2D eigenvalue weighted by Gasteiger charge is 2.21. The highest BCUT2D eigenvalue weighted by atomic mass is 35.5. The Morgan fingerprint density at radius 2 is 2.00 bits per heavy atom. The first kappa shape index (κ1) is 19.5.